The Balaban J connectivity index is 0.000000452. The molecule has 7 nitrogen and oxygen atoms in total. The molecule has 0 amide bonds. The molecule has 3 heterocycles. The normalized spacial score (nSPS) is 28.8. The van der Waals surface area contributed by atoms with Gasteiger partial charge in [-0.3, -0.25) is 9.69 Å². The van der Waals surface area contributed by atoms with Crippen molar-refractivity contribution in [3.05, 3.63) is 12.2 Å². The molecule has 2 bridgehead atoms. The summed E-state index contributed by atoms with van der Waals surface area (Å²) in [7, 11) is 0. The van der Waals surface area contributed by atoms with Gasteiger partial charge in [0.2, 0.25) is 0 Å². The van der Waals surface area contributed by atoms with E-state index in [4.69, 9.17) is 9.90 Å². The zero-order chi connectivity index (χ0) is 14.5. The summed E-state index contributed by atoms with van der Waals surface area (Å²) in [6, 6.07) is 1.20. The van der Waals surface area contributed by atoms with Crippen molar-refractivity contribution in [1.29, 1.82) is 0 Å². The van der Waals surface area contributed by atoms with Gasteiger partial charge in [0, 0.05) is 25.2 Å². The van der Waals surface area contributed by atoms with Crippen molar-refractivity contribution >= 4 is 6.47 Å². The van der Waals surface area contributed by atoms with Crippen LogP contribution in [0.5, 0.6) is 0 Å². The molecule has 0 radical (unpaired) electrons. The highest BCUT2D eigenvalue weighted by atomic mass is 16.3. The maximum absolute atomic E-state index is 9.75. The summed E-state index contributed by atoms with van der Waals surface area (Å²) in [6.45, 7) is 3.75. The summed E-state index contributed by atoms with van der Waals surface area (Å²) in [4.78, 5) is 10.9. The second-order valence-electron chi connectivity index (χ2n) is 5.43. The van der Waals surface area contributed by atoms with Crippen molar-refractivity contribution < 1.29 is 15.0 Å². The van der Waals surface area contributed by atoms with Gasteiger partial charge >= 0.3 is 0 Å². The fourth-order valence-corrected chi connectivity index (χ4v) is 3.37. The summed E-state index contributed by atoms with van der Waals surface area (Å²) in [5.41, 5.74) is 0. The lowest BCUT2D eigenvalue weighted by atomic mass is 10.00. The third-order valence-electron chi connectivity index (χ3n) is 4.27. The SMILES string of the molecule is Cc1nncn1CCN1[C@@H]2CC[C@H]1CC(O)C2.O=CO. The highest BCUT2D eigenvalue weighted by molar-refractivity contribution is 5.32. The lowest BCUT2D eigenvalue weighted by Gasteiger charge is -2.37. The fraction of sp³-hybridized carbons (Fsp3) is 0.769. The van der Waals surface area contributed by atoms with E-state index in [1.54, 1.807) is 6.33 Å². The summed E-state index contributed by atoms with van der Waals surface area (Å²) in [6.07, 6.45) is 6.15. The van der Waals surface area contributed by atoms with Gasteiger partial charge in [0.25, 0.3) is 6.47 Å². The second kappa shape index (κ2) is 6.81. The number of carbonyl (C=O) groups is 1. The van der Waals surface area contributed by atoms with Crippen LogP contribution < -0.4 is 0 Å². The van der Waals surface area contributed by atoms with E-state index < -0.39 is 0 Å². The van der Waals surface area contributed by atoms with Crippen LogP contribution in [0.1, 0.15) is 31.5 Å². The Morgan fingerprint density at radius 3 is 2.45 bits per heavy atom. The molecule has 2 aliphatic rings. The van der Waals surface area contributed by atoms with Crippen LogP contribution in [0.4, 0.5) is 0 Å². The Morgan fingerprint density at radius 2 is 1.95 bits per heavy atom. The number of carboxylic acid groups (broad SMARTS) is 1. The van der Waals surface area contributed by atoms with Gasteiger partial charge in [-0.2, -0.15) is 0 Å². The molecule has 2 aliphatic heterocycles. The van der Waals surface area contributed by atoms with Crippen LogP contribution in [-0.4, -0.2) is 61.1 Å². The molecule has 1 unspecified atom stereocenters. The van der Waals surface area contributed by atoms with Crippen LogP contribution in [0.3, 0.4) is 0 Å². The van der Waals surface area contributed by atoms with Crippen LogP contribution >= 0.6 is 0 Å². The Hall–Kier alpha value is -1.47. The molecule has 0 aromatic carbocycles. The molecule has 0 spiro atoms. The molecule has 2 fully saturated rings. The van der Waals surface area contributed by atoms with Crippen molar-refractivity contribution in [1.82, 2.24) is 19.7 Å². The van der Waals surface area contributed by atoms with E-state index in [0.29, 0.717) is 12.1 Å². The zero-order valence-corrected chi connectivity index (χ0v) is 11.7. The van der Waals surface area contributed by atoms with Gasteiger partial charge in [-0.25, -0.2) is 0 Å². The highest BCUT2D eigenvalue weighted by Crippen LogP contribution is 2.35. The molecule has 20 heavy (non-hydrogen) atoms. The van der Waals surface area contributed by atoms with Crippen molar-refractivity contribution in [2.45, 2.75) is 57.3 Å². The minimum absolute atomic E-state index is 0.0691. The third kappa shape index (κ3) is 3.34. The predicted molar refractivity (Wildman–Crippen MR) is 72.2 cm³/mol. The highest BCUT2D eigenvalue weighted by Gasteiger charge is 2.39. The number of aliphatic hydroxyl groups is 1. The van der Waals surface area contributed by atoms with E-state index in [0.717, 1.165) is 31.8 Å². The standard InChI is InChI=1S/C12H20N4O.CH2O2/c1-9-14-13-8-15(9)4-5-16-10-2-3-11(16)7-12(17)6-10;2-1-3/h8,10-12,17H,2-7H2,1H3;1H,(H,2,3)/t10-,11+,12?;. The Labute approximate surface area is 118 Å². The lowest BCUT2D eigenvalue weighted by Crippen LogP contribution is -2.45. The minimum atomic E-state index is -0.250. The number of hydrogen-bond donors (Lipinski definition) is 2. The third-order valence-corrected chi connectivity index (χ3v) is 4.27. The summed E-state index contributed by atoms with van der Waals surface area (Å²) in [5.74, 6) is 0.981. The summed E-state index contributed by atoms with van der Waals surface area (Å²) >= 11 is 0. The fourth-order valence-electron chi connectivity index (χ4n) is 3.37. The maximum atomic E-state index is 9.75. The molecule has 2 saturated heterocycles. The van der Waals surface area contributed by atoms with Crippen molar-refractivity contribution in [3.63, 3.8) is 0 Å². The van der Waals surface area contributed by atoms with E-state index >= 15 is 0 Å². The molecule has 3 rings (SSSR count). The van der Waals surface area contributed by atoms with Crippen molar-refractivity contribution in [3.8, 4) is 0 Å². The number of nitrogens with zero attached hydrogens (tertiary/aromatic N) is 4. The van der Waals surface area contributed by atoms with Crippen LogP contribution in [0, 0.1) is 6.92 Å². The lowest BCUT2D eigenvalue weighted by molar-refractivity contribution is -0.122. The van der Waals surface area contributed by atoms with E-state index in [9.17, 15) is 5.11 Å². The number of aromatic nitrogens is 3. The predicted octanol–water partition coefficient (Wildman–Crippen LogP) is 0.275. The van der Waals surface area contributed by atoms with Crippen LogP contribution in [0.2, 0.25) is 0 Å². The van der Waals surface area contributed by atoms with Gasteiger partial charge in [0.15, 0.2) is 0 Å². The first-order chi connectivity index (χ1) is 9.65. The van der Waals surface area contributed by atoms with Gasteiger partial charge < -0.3 is 14.8 Å². The van der Waals surface area contributed by atoms with Gasteiger partial charge in [-0.1, -0.05) is 0 Å². The molecule has 1 aromatic heterocycles. The number of aryl methyl sites for hydroxylation is 1. The summed E-state index contributed by atoms with van der Waals surface area (Å²) in [5, 5.41) is 24.5. The van der Waals surface area contributed by atoms with E-state index in [-0.39, 0.29) is 12.6 Å². The largest absolute Gasteiger partial charge is 0.483 e. The first-order valence-corrected chi connectivity index (χ1v) is 7.01. The van der Waals surface area contributed by atoms with E-state index in [2.05, 4.69) is 19.7 Å². The quantitative estimate of drug-likeness (QED) is 0.774. The molecule has 0 aliphatic carbocycles. The molecule has 112 valence electrons. The smallest absolute Gasteiger partial charge is 0.290 e. The van der Waals surface area contributed by atoms with Crippen molar-refractivity contribution in [2.24, 2.45) is 0 Å². The monoisotopic (exact) mass is 282 g/mol. The number of fused-ring (bicyclic) bond motifs is 2. The van der Waals surface area contributed by atoms with Crippen LogP contribution in [0.15, 0.2) is 6.33 Å². The average Bonchev–Trinajstić information content (AvgIpc) is 2.90. The van der Waals surface area contributed by atoms with Gasteiger partial charge in [0.1, 0.15) is 12.2 Å². The molecule has 3 atom stereocenters. The van der Waals surface area contributed by atoms with Crippen molar-refractivity contribution in [2.75, 3.05) is 6.54 Å². The van der Waals surface area contributed by atoms with E-state index in [1.165, 1.54) is 12.8 Å². The van der Waals surface area contributed by atoms with Gasteiger partial charge in [0.05, 0.1) is 6.10 Å². The first kappa shape index (κ1) is 14.9. The Kier molecular flexibility index (Phi) is 5.08. The molecule has 0 saturated carbocycles. The molecule has 7 heteroatoms. The molecule has 2 N–H and O–H groups in total. The zero-order valence-electron chi connectivity index (χ0n) is 11.7. The molecule has 1 aromatic rings. The van der Waals surface area contributed by atoms with E-state index in [1.807, 2.05) is 6.92 Å². The Bertz CT molecular complexity index is 423. The molecular formula is C13H22N4O3. The minimum Gasteiger partial charge on any atom is -0.483 e. The average molecular weight is 282 g/mol. The number of piperidine rings is 1. The second-order valence-corrected chi connectivity index (χ2v) is 5.43. The van der Waals surface area contributed by atoms with Gasteiger partial charge in [-0.15, -0.1) is 10.2 Å². The van der Waals surface area contributed by atoms with Crippen LogP contribution in [0.25, 0.3) is 0 Å². The number of aliphatic hydroxyl groups excluding tert-OH is 1. The molecular weight excluding hydrogens is 260 g/mol. The number of hydrogen-bond acceptors (Lipinski definition) is 5. The summed E-state index contributed by atoms with van der Waals surface area (Å²) < 4.78 is 2.10. The Morgan fingerprint density at radius 1 is 1.35 bits per heavy atom. The van der Waals surface area contributed by atoms with Crippen LogP contribution in [-0.2, 0) is 11.3 Å². The topological polar surface area (TPSA) is 91.5 Å². The van der Waals surface area contributed by atoms with Gasteiger partial charge in [-0.05, 0) is 32.6 Å². The first-order valence-electron chi connectivity index (χ1n) is 7.01. The maximum Gasteiger partial charge on any atom is 0.290 e. The number of rotatable bonds is 3.